The smallest absolute Gasteiger partial charge is 0.232 e. The lowest BCUT2D eigenvalue weighted by Gasteiger charge is -2.22. The summed E-state index contributed by atoms with van der Waals surface area (Å²) in [5.74, 6) is 1.30. The molecule has 5 nitrogen and oxygen atoms in total. The number of nitrogens with two attached hydrogens (primary N) is 1. The molecule has 0 radical (unpaired) electrons. The fourth-order valence-electron chi connectivity index (χ4n) is 1.99. The van der Waals surface area contributed by atoms with E-state index >= 15 is 0 Å². The molecule has 2 atom stereocenters. The first-order valence-electron chi connectivity index (χ1n) is 7.03. The zero-order chi connectivity index (χ0) is 15.3. The number of sulfone groups is 1. The molecule has 1 aliphatic rings. The van der Waals surface area contributed by atoms with Crippen molar-refractivity contribution >= 4 is 27.5 Å². The number of amides is 1. The number of hydrogen-bond acceptors (Lipinski definition) is 5. The van der Waals surface area contributed by atoms with Crippen LogP contribution in [0.5, 0.6) is 0 Å². The Balaban J connectivity index is 2.25. The van der Waals surface area contributed by atoms with Gasteiger partial charge in [-0.05, 0) is 18.8 Å². The van der Waals surface area contributed by atoms with E-state index in [1.54, 1.807) is 11.9 Å². The summed E-state index contributed by atoms with van der Waals surface area (Å²) >= 11 is 1.46. The molecule has 0 saturated carbocycles. The lowest BCUT2D eigenvalue weighted by molar-refractivity contribution is -0.127. The van der Waals surface area contributed by atoms with E-state index < -0.39 is 9.84 Å². The number of carbonyl (C=O) groups excluding carboxylic acids is 1. The normalized spacial score (nSPS) is 22.9. The van der Waals surface area contributed by atoms with Gasteiger partial charge < -0.3 is 10.6 Å². The van der Waals surface area contributed by atoms with Crippen molar-refractivity contribution < 1.29 is 13.2 Å². The molecule has 118 valence electrons. The fourth-order valence-corrected chi connectivity index (χ4v) is 5.58. The van der Waals surface area contributed by atoms with Crippen LogP contribution in [0.2, 0.25) is 0 Å². The Morgan fingerprint density at radius 3 is 2.60 bits per heavy atom. The topological polar surface area (TPSA) is 80.5 Å². The van der Waals surface area contributed by atoms with E-state index in [2.05, 4.69) is 13.8 Å². The molecule has 7 heteroatoms. The quantitative estimate of drug-likeness (QED) is 0.748. The monoisotopic (exact) mass is 322 g/mol. The average Bonchev–Trinajstić information content (AvgIpc) is 2.71. The van der Waals surface area contributed by atoms with Gasteiger partial charge in [0.15, 0.2) is 9.84 Å². The van der Waals surface area contributed by atoms with Gasteiger partial charge in [0.25, 0.3) is 0 Å². The van der Waals surface area contributed by atoms with Crippen molar-refractivity contribution in [2.75, 3.05) is 30.9 Å². The van der Waals surface area contributed by atoms with E-state index in [9.17, 15) is 13.2 Å². The summed E-state index contributed by atoms with van der Waals surface area (Å²) < 4.78 is 22.7. The van der Waals surface area contributed by atoms with Crippen LogP contribution in [0.3, 0.4) is 0 Å². The molecule has 0 bridgehead atoms. The van der Waals surface area contributed by atoms with Gasteiger partial charge in [0.1, 0.15) is 0 Å². The Morgan fingerprint density at radius 1 is 1.45 bits per heavy atom. The lowest BCUT2D eigenvalue weighted by atomic mass is 10.0. The molecule has 0 aromatic heterocycles. The molecule has 1 saturated heterocycles. The lowest BCUT2D eigenvalue weighted by Crippen LogP contribution is -2.35. The van der Waals surface area contributed by atoms with Gasteiger partial charge in [-0.3, -0.25) is 4.79 Å². The highest BCUT2D eigenvalue weighted by molar-refractivity contribution is 8.02. The van der Waals surface area contributed by atoms with Gasteiger partial charge >= 0.3 is 0 Å². The zero-order valence-electron chi connectivity index (χ0n) is 12.5. The highest BCUT2D eigenvalue weighted by atomic mass is 32.2. The first-order chi connectivity index (χ1) is 9.21. The van der Waals surface area contributed by atoms with Gasteiger partial charge in [-0.15, -0.1) is 11.8 Å². The van der Waals surface area contributed by atoms with Crippen LogP contribution < -0.4 is 5.73 Å². The van der Waals surface area contributed by atoms with Crippen molar-refractivity contribution in [2.24, 2.45) is 11.7 Å². The molecule has 1 fully saturated rings. The van der Waals surface area contributed by atoms with Crippen LogP contribution in [0, 0.1) is 5.92 Å². The molecule has 0 spiro atoms. The molecule has 1 aliphatic heterocycles. The summed E-state index contributed by atoms with van der Waals surface area (Å²) in [5.41, 5.74) is 5.96. The minimum absolute atomic E-state index is 0.0512. The first kappa shape index (κ1) is 17.8. The van der Waals surface area contributed by atoms with Gasteiger partial charge in [0.05, 0.1) is 17.3 Å². The molecule has 1 amide bonds. The molecular weight excluding hydrogens is 296 g/mol. The van der Waals surface area contributed by atoms with Crippen molar-refractivity contribution in [3.8, 4) is 0 Å². The molecule has 1 rings (SSSR count). The molecule has 2 N–H and O–H groups in total. The minimum Gasteiger partial charge on any atom is -0.345 e. The molecule has 0 aromatic carbocycles. The summed E-state index contributed by atoms with van der Waals surface area (Å²) in [7, 11) is -1.08. The number of thioether (sulfide) groups is 1. The van der Waals surface area contributed by atoms with Gasteiger partial charge in [0.2, 0.25) is 5.91 Å². The maximum absolute atomic E-state index is 12.0. The number of nitrogens with zero attached hydrogens (tertiary/aromatic N) is 1. The Hall–Kier alpha value is -0.270. The van der Waals surface area contributed by atoms with Gasteiger partial charge in [0, 0.05) is 24.9 Å². The van der Waals surface area contributed by atoms with Gasteiger partial charge in [-0.25, -0.2) is 8.42 Å². The van der Waals surface area contributed by atoms with Gasteiger partial charge in [-0.1, -0.05) is 13.8 Å². The Labute approximate surface area is 126 Å². The maximum Gasteiger partial charge on any atom is 0.232 e. The molecular formula is C13H26N2O3S2. The molecule has 2 unspecified atom stereocenters. The Kier molecular flexibility index (Phi) is 6.81. The average molecular weight is 322 g/mol. The summed E-state index contributed by atoms with van der Waals surface area (Å²) in [6.07, 6.45) is 1.46. The van der Waals surface area contributed by atoms with E-state index in [0.29, 0.717) is 24.6 Å². The highest BCUT2D eigenvalue weighted by Gasteiger charge is 2.28. The summed E-state index contributed by atoms with van der Waals surface area (Å²) in [5, 5.41) is 0.0790. The summed E-state index contributed by atoms with van der Waals surface area (Å²) in [6.45, 7) is 4.80. The van der Waals surface area contributed by atoms with Crippen LogP contribution in [-0.2, 0) is 14.6 Å². The first-order valence-corrected chi connectivity index (χ1v) is 9.90. The minimum atomic E-state index is -2.86. The second-order valence-corrected chi connectivity index (χ2v) is 9.37. The molecule has 0 aromatic rings. The largest absolute Gasteiger partial charge is 0.345 e. The van der Waals surface area contributed by atoms with Crippen molar-refractivity contribution in [3.63, 3.8) is 0 Å². The second-order valence-electron chi connectivity index (χ2n) is 5.85. The fraction of sp³-hybridized carbons (Fsp3) is 0.923. The SMILES string of the molecule is CC(C)C(N)CCN(C)C(=O)CSC1CCS(=O)(=O)C1. The van der Waals surface area contributed by atoms with Crippen molar-refractivity contribution in [1.29, 1.82) is 0 Å². The van der Waals surface area contributed by atoms with Crippen molar-refractivity contribution in [3.05, 3.63) is 0 Å². The van der Waals surface area contributed by atoms with E-state index in [-0.39, 0.29) is 28.7 Å². The van der Waals surface area contributed by atoms with Gasteiger partial charge in [-0.2, -0.15) is 0 Å². The van der Waals surface area contributed by atoms with Crippen LogP contribution in [0.1, 0.15) is 26.7 Å². The third-order valence-electron chi connectivity index (χ3n) is 3.71. The second kappa shape index (κ2) is 7.66. The summed E-state index contributed by atoms with van der Waals surface area (Å²) in [4.78, 5) is 13.7. The van der Waals surface area contributed by atoms with E-state index in [0.717, 1.165) is 6.42 Å². The van der Waals surface area contributed by atoms with Crippen molar-refractivity contribution in [2.45, 2.75) is 38.0 Å². The number of carbonyl (C=O) groups is 1. The third-order valence-corrected chi connectivity index (χ3v) is 6.98. The molecule has 1 heterocycles. The van der Waals surface area contributed by atoms with E-state index in [4.69, 9.17) is 5.73 Å². The Morgan fingerprint density at radius 2 is 2.10 bits per heavy atom. The third kappa shape index (κ3) is 6.01. The zero-order valence-corrected chi connectivity index (χ0v) is 14.2. The molecule has 0 aliphatic carbocycles. The highest BCUT2D eigenvalue weighted by Crippen LogP contribution is 2.24. The maximum atomic E-state index is 12.0. The predicted molar refractivity (Wildman–Crippen MR) is 84.6 cm³/mol. The van der Waals surface area contributed by atoms with Crippen LogP contribution >= 0.6 is 11.8 Å². The Bertz CT molecular complexity index is 423. The van der Waals surface area contributed by atoms with E-state index in [1.807, 2.05) is 0 Å². The van der Waals surface area contributed by atoms with Crippen molar-refractivity contribution in [1.82, 2.24) is 4.90 Å². The van der Waals surface area contributed by atoms with Crippen LogP contribution in [0.15, 0.2) is 0 Å². The van der Waals surface area contributed by atoms with Crippen LogP contribution in [-0.4, -0.2) is 61.4 Å². The standard InChI is InChI=1S/C13H26N2O3S2/c1-10(2)12(14)4-6-15(3)13(16)8-19-11-5-7-20(17,18)9-11/h10-12H,4-9,14H2,1-3H3. The van der Waals surface area contributed by atoms with E-state index in [1.165, 1.54) is 11.8 Å². The number of rotatable bonds is 7. The predicted octanol–water partition coefficient (Wildman–Crippen LogP) is 0.739. The van der Waals surface area contributed by atoms with Crippen LogP contribution in [0.4, 0.5) is 0 Å². The molecule has 20 heavy (non-hydrogen) atoms. The van der Waals surface area contributed by atoms with Crippen LogP contribution in [0.25, 0.3) is 0 Å². The summed E-state index contributed by atoms with van der Waals surface area (Å²) in [6, 6.07) is 0.109. The number of hydrogen-bond donors (Lipinski definition) is 1.